The van der Waals surface area contributed by atoms with E-state index in [4.69, 9.17) is 28.2 Å². The first-order chi connectivity index (χ1) is 15.9. The zero-order valence-corrected chi connectivity index (χ0v) is 18.2. The molecule has 3 aromatic heterocycles. The number of rotatable bonds is 4. The Hall–Kier alpha value is -4.01. The fraction of sp³-hybridized carbons (Fsp3) is 0. The summed E-state index contributed by atoms with van der Waals surface area (Å²) in [7, 11) is 0. The van der Waals surface area contributed by atoms with Crippen molar-refractivity contribution in [1.82, 2.24) is 19.4 Å². The van der Waals surface area contributed by atoms with Crippen molar-refractivity contribution in [2.45, 2.75) is 0 Å². The van der Waals surface area contributed by atoms with Crippen molar-refractivity contribution in [2.75, 3.05) is 0 Å². The average Bonchev–Trinajstić information content (AvgIpc) is 3.18. The molecule has 0 spiro atoms. The number of halogens is 2. The van der Waals surface area contributed by atoms with Crippen molar-refractivity contribution >= 4 is 34.5 Å². The van der Waals surface area contributed by atoms with Crippen molar-refractivity contribution in [3.8, 4) is 33.9 Å². The normalized spacial score (nSPS) is 11.1. The molecule has 10 heteroatoms. The third-order valence-corrected chi connectivity index (χ3v) is 5.64. The molecule has 0 aliphatic heterocycles. The number of nitrogens with zero attached hydrogens (tertiary/aromatic N) is 4. The summed E-state index contributed by atoms with van der Waals surface area (Å²) in [6.45, 7) is 0. The fourth-order valence-corrected chi connectivity index (χ4v) is 4.11. The SMILES string of the molecule is O=c1nc(-c2ccc([N+](=O)[O-])cc2)cc(-c2c(-c3ccc(Cl)cc3Cl)nc3ccccn23)[nH]1. The number of fused-ring (bicyclic) bond motifs is 1. The van der Waals surface area contributed by atoms with E-state index in [2.05, 4.69) is 9.97 Å². The van der Waals surface area contributed by atoms with E-state index in [1.54, 1.807) is 36.4 Å². The zero-order valence-electron chi connectivity index (χ0n) is 16.7. The second kappa shape index (κ2) is 8.16. The Morgan fingerprint density at radius 2 is 1.76 bits per heavy atom. The molecule has 0 radical (unpaired) electrons. The van der Waals surface area contributed by atoms with Crippen LogP contribution in [-0.2, 0) is 0 Å². The molecule has 0 amide bonds. The molecular weight excluding hydrogens is 465 g/mol. The van der Waals surface area contributed by atoms with Crippen molar-refractivity contribution in [1.29, 1.82) is 0 Å². The molecule has 5 aromatic rings. The second-order valence-electron chi connectivity index (χ2n) is 7.15. The summed E-state index contributed by atoms with van der Waals surface area (Å²) in [5.74, 6) is 0. The maximum absolute atomic E-state index is 12.5. The van der Waals surface area contributed by atoms with E-state index in [-0.39, 0.29) is 5.69 Å². The third kappa shape index (κ3) is 3.86. The summed E-state index contributed by atoms with van der Waals surface area (Å²) in [6, 6.07) is 18.2. The van der Waals surface area contributed by atoms with Gasteiger partial charge in [-0.2, -0.15) is 4.98 Å². The largest absolute Gasteiger partial charge is 0.346 e. The first-order valence-electron chi connectivity index (χ1n) is 9.70. The first-order valence-corrected chi connectivity index (χ1v) is 10.5. The predicted octanol–water partition coefficient (Wildman–Crippen LogP) is 5.63. The number of H-pyrrole nitrogens is 1. The topological polar surface area (TPSA) is 106 Å². The van der Waals surface area contributed by atoms with E-state index >= 15 is 0 Å². The van der Waals surface area contributed by atoms with Crippen LogP contribution >= 0.6 is 23.2 Å². The van der Waals surface area contributed by atoms with Gasteiger partial charge in [-0.15, -0.1) is 0 Å². The molecule has 0 fully saturated rings. The van der Waals surface area contributed by atoms with Gasteiger partial charge in [-0.05, 0) is 48.5 Å². The van der Waals surface area contributed by atoms with Crippen LogP contribution in [0, 0.1) is 10.1 Å². The van der Waals surface area contributed by atoms with Gasteiger partial charge in [0.1, 0.15) is 11.3 Å². The Morgan fingerprint density at radius 3 is 2.48 bits per heavy atom. The summed E-state index contributed by atoms with van der Waals surface area (Å²) in [4.78, 5) is 34.5. The molecule has 0 aliphatic rings. The van der Waals surface area contributed by atoms with Gasteiger partial charge in [0.25, 0.3) is 5.69 Å². The molecule has 0 atom stereocenters. The highest BCUT2D eigenvalue weighted by Crippen LogP contribution is 2.37. The lowest BCUT2D eigenvalue weighted by molar-refractivity contribution is -0.384. The third-order valence-electron chi connectivity index (χ3n) is 5.09. The molecule has 0 saturated heterocycles. The first kappa shape index (κ1) is 20.9. The number of nitro groups is 1. The summed E-state index contributed by atoms with van der Waals surface area (Å²) in [6.07, 6.45) is 1.83. The molecular formula is C23H13Cl2N5O3. The molecule has 33 heavy (non-hydrogen) atoms. The number of benzene rings is 2. The summed E-state index contributed by atoms with van der Waals surface area (Å²) >= 11 is 12.5. The summed E-state index contributed by atoms with van der Waals surface area (Å²) in [5, 5.41) is 11.9. The van der Waals surface area contributed by atoms with Crippen LogP contribution in [0.25, 0.3) is 39.5 Å². The van der Waals surface area contributed by atoms with Crippen molar-refractivity contribution < 1.29 is 4.92 Å². The van der Waals surface area contributed by atoms with Crippen LogP contribution in [0.4, 0.5) is 5.69 Å². The van der Waals surface area contributed by atoms with Gasteiger partial charge < -0.3 is 4.98 Å². The van der Waals surface area contributed by atoms with Crippen molar-refractivity contribution in [3.63, 3.8) is 0 Å². The van der Waals surface area contributed by atoms with Gasteiger partial charge in [0, 0.05) is 34.5 Å². The highest BCUT2D eigenvalue weighted by Gasteiger charge is 2.20. The molecule has 0 bridgehead atoms. The number of aromatic nitrogens is 4. The number of pyridine rings is 1. The number of nitro benzene ring substituents is 1. The Morgan fingerprint density at radius 1 is 0.970 bits per heavy atom. The molecule has 3 heterocycles. The maximum Gasteiger partial charge on any atom is 0.346 e. The predicted molar refractivity (Wildman–Crippen MR) is 127 cm³/mol. The number of aromatic amines is 1. The Bertz CT molecular complexity index is 1590. The van der Waals surface area contributed by atoms with E-state index in [0.717, 1.165) is 0 Å². The second-order valence-corrected chi connectivity index (χ2v) is 7.99. The van der Waals surface area contributed by atoms with Gasteiger partial charge in [0.15, 0.2) is 0 Å². The zero-order chi connectivity index (χ0) is 23.1. The van der Waals surface area contributed by atoms with Crippen molar-refractivity contribution in [3.05, 3.63) is 104 Å². The van der Waals surface area contributed by atoms with Crippen LogP contribution in [-0.4, -0.2) is 24.3 Å². The van der Waals surface area contributed by atoms with Crippen LogP contribution < -0.4 is 5.69 Å². The van der Waals surface area contributed by atoms with Gasteiger partial charge in [0.05, 0.1) is 27.0 Å². The minimum absolute atomic E-state index is 0.0507. The molecule has 5 rings (SSSR count). The van der Waals surface area contributed by atoms with E-state index in [1.165, 1.54) is 12.1 Å². The van der Waals surface area contributed by atoms with Gasteiger partial charge >= 0.3 is 5.69 Å². The molecule has 0 saturated carbocycles. The van der Waals surface area contributed by atoms with Crippen LogP contribution in [0.2, 0.25) is 10.0 Å². The summed E-state index contributed by atoms with van der Waals surface area (Å²) in [5.41, 5.74) is 3.23. The highest BCUT2D eigenvalue weighted by molar-refractivity contribution is 6.36. The smallest absolute Gasteiger partial charge is 0.304 e. The quantitative estimate of drug-likeness (QED) is 0.266. The lowest BCUT2D eigenvalue weighted by Crippen LogP contribution is -2.12. The van der Waals surface area contributed by atoms with Gasteiger partial charge in [0.2, 0.25) is 0 Å². The van der Waals surface area contributed by atoms with E-state index < -0.39 is 10.6 Å². The van der Waals surface area contributed by atoms with Gasteiger partial charge in [-0.1, -0.05) is 29.3 Å². The van der Waals surface area contributed by atoms with Crippen LogP contribution in [0.15, 0.2) is 77.7 Å². The number of non-ortho nitro benzene ring substituents is 1. The van der Waals surface area contributed by atoms with E-state index in [9.17, 15) is 14.9 Å². The van der Waals surface area contributed by atoms with E-state index in [0.29, 0.717) is 49.6 Å². The lowest BCUT2D eigenvalue weighted by Gasteiger charge is -2.09. The van der Waals surface area contributed by atoms with Crippen LogP contribution in [0.5, 0.6) is 0 Å². The number of hydrogen-bond acceptors (Lipinski definition) is 5. The number of hydrogen-bond donors (Lipinski definition) is 1. The molecule has 162 valence electrons. The minimum Gasteiger partial charge on any atom is -0.304 e. The van der Waals surface area contributed by atoms with Crippen LogP contribution in [0.1, 0.15) is 0 Å². The Balaban J connectivity index is 1.74. The summed E-state index contributed by atoms with van der Waals surface area (Å²) < 4.78 is 1.84. The van der Waals surface area contributed by atoms with Gasteiger partial charge in [-0.3, -0.25) is 14.5 Å². The molecule has 1 N–H and O–H groups in total. The molecule has 2 aromatic carbocycles. The molecule has 0 unspecified atom stereocenters. The Kier molecular flexibility index (Phi) is 5.16. The van der Waals surface area contributed by atoms with Gasteiger partial charge in [-0.25, -0.2) is 9.78 Å². The number of nitrogens with one attached hydrogen (secondary N) is 1. The standard InChI is InChI=1S/C23H13Cl2N5O3/c24-14-6-9-16(17(25)11-14)21-22(29-10-2-1-3-20(29)28-21)19-12-18(26-23(31)27-19)13-4-7-15(8-5-13)30(32)33/h1-12H,(H,26,27,31). The molecule has 0 aliphatic carbocycles. The van der Waals surface area contributed by atoms with E-state index in [1.807, 2.05) is 28.8 Å². The van der Waals surface area contributed by atoms with Crippen molar-refractivity contribution in [2.24, 2.45) is 0 Å². The highest BCUT2D eigenvalue weighted by atomic mass is 35.5. The average molecular weight is 478 g/mol. The minimum atomic E-state index is -0.570. The molecule has 8 nitrogen and oxygen atoms in total. The lowest BCUT2D eigenvalue weighted by atomic mass is 10.1. The Labute approximate surface area is 196 Å². The monoisotopic (exact) mass is 477 g/mol. The maximum atomic E-state index is 12.5. The number of imidazole rings is 1. The van der Waals surface area contributed by atoms with Crippen LogP contribution in [0.3, 0.4) is 0 Å². The fourth-order valence-electron chi connectivity index (χ4n) is 3.61.